The molecule has 11 nitrogen and oxygen atoms in total. The summed E-state index contributed by atoms with van der Waals surface area (Å²) < 4.78 is 37.7. The second-order valence-electron chi connectivity index (χ2n) is 9.03. The third kappa shape index (κ3) is 6.83. The van der Waals surface area contributed by atoms with Crippen molar-refractivity contribution in [1.29, 1.82) is 0 Å². The SMILES string of the molecule is CC(C)OC(=O)[C@H](C)CP(=O)(OC[C@H]1O[C@@H](n2ccc(=O)nc2[Se])C(C)(O)[C@H]1O)Oc1ccccc1. The number of aliphatic hydroxyl groups excluding tert-OH is 1. The van der Waals surface area contributed by atoms with Gasteiger partial charge in [-0.15, -0.1) is 0 Å². The topological polar surface area (TPSA) is 146 Å². The van der Waals surface area contributed by atoms with Gasteiger partial charge in [-0.1, -0.05) is 6.07 Å². The molecule has 2 N–H and O–H groups in total. The zero-order valence-electron chi connectivity index (χ0n) is 20.3. The summed E-state index contributed by atoms with van der Waals surface area (Å²) >= 11 is 2.62. The van der Waals surface area contributed by atoms with Gasteiger partial charge in [-0.3, -0.25) is 0 Å². The zero-order valence-corrected chi connectivity index (χ0v) is 23.0. The predicted molar refractivity (Wildman–Crippen MR) is 130 cm³/mol. The van der Waals surface area contributed by atoms with Crippen molar-refractivity contribution in [3.8, 4) is 5.75 Å². The molecule has 6 atom stereocenters. The number of benzene rings is 1. The van der Waals surface area contributed by atoms with Crippen molar-refractivity contribution in [1.82, 2.24) is 9.55 Å². The predicted octanol–water partition coefficient (Wildman–Crippen LogP) is 0.923. The molecule has 1 saturated heterocycles. The fourth-order valence-electron chi connectivity index (χ4n) is 3.66. The Kier molecular flexibility index (Phi) is 9.16. The molecular weight excluding hydrogens is 558 g/mol. The molecule has 0 saturated carbocycles. The van der Waals surface area contributed by atoms with E-state index in [1.807, 2.05) is 0 Å². The molecule has 0 aliphatic carbocycles. The molecule has 13 heteroatoms. The van der Waals surface area contributed by atoms with Gasteiger partial charge in [-0.05, 0) is 13.8 Å². The van der Waals surface area contributed by atoms with Crippen LogP contribution in [0.5, 0.6) is 5.75 Å². The summed E-state index contributed by atoms with van der Waals surface area (Å²) in [4.78, 5) is 27.6. The second-order valence-corrected chi connectivity index (χ2v) is 11.8. The standard InChI is InChI=1S/C23H30N2O9PSe/c1-14(2)32-20(28)15(3)13-35(30,34-16-8-6-5-7-9-16)31-12-17-19(27)23(4,29)21(33-17)25-11-10-18(26)24-22(25)36/h5-11,14-15,17,19,21,27,29H,12-13H2,1-4H3/t15-,17-,19+,21-,23?,35?/m1/s1. The Morgan fingerprint density at radius 1 is 1.28 bits per heavy atom. The van der Waals surface area contributed by atoms with E-state index in [2.05, 4.69) is 21.0 Å². The first-order valence-electron chi connectivity index (χ1n) is 11.3. The fourth-order valence-corrected chi connectivity index (χ4v) is 6.04. The van der Waals surface area contributed by atoms with Crippen LogP contribution >= 0.6 is 7.60 Å². The Bertz CT molecular complexity index is 1160. The summed E-state index contributed by atoms with van der Waals surface area (Å²) in [6.07, 6.45) is -2.95. The first-order valence-corrected chi connectivity index (χ1v) is 13.9. The molecule has 1 aromatic heterocycles. The molecule has 2 aromatic rings. The number of ether oxygens (including phenoxy) is 2. The number of nitrogens with zero attached hydrogens (tertiary/aromatic N) is 2. The van der Waals surface area contributed by atoms with Crippen LogP contribution in [-0.4, -0.2) is 78.4 Å². The number of esters is 1. The number of aromatic nitrogens is 2. The van der Waals surface area contributed by atoms with Crippen molar-refractivity contribution in [3.05, 3.63) is 52.9 Å². The summed E-state index contributed by atoms with van der Waals surface area (Å²) in [7, 11) is -3.96. The summed E-state index contributed by atoms with van der Waals surface area (Å²) in [5, 5.41) is 21.8. The van der Waals surface area contributed by atoms with Crippen molar-refractivity contribution < 1.29 is 38.1 Å². The number of carbonyl (C=O) groups is 1. The molecule has 36 heavy (non-hydrogen) atoms. The Morgan fingerprint density at radius 2 is 1.94 bits per heavy atom. The van der Waals surface area contributed by atoms with Gasteiger partial charge in [0.25, 0.3) is 0 Å². The summed E-state index contributed by atoms with van der Waals surface area (Å²) in [6, 6.07) is 9.53. The van der Waals surface area contributed by atoms with E-state index in [0.717, 1.165) is 0 Å². The maximum absolute atomic E-state index is 13.7. The van der Waals surface area contributed by atoms with Crippen LogP contribution in [0.2, 0.25) is 0 Å². The Morgan fingerprint density at radius 3 is 2.56 bits per heavy atom. The average molecular weight is 588 g/mol. The average Bonchev–Trinajstić information content (AvgIpc) is 3.01. The van der Waals surface area contributed by atoms with Crippen LogP contribution in [-0.2, 0) is 23.4 Å². The first-order chi connectivity index (χ1) is 16.8. The molecule has 0 amide bonds. The number of hydrogen-bond acceptors (Lipinski definition) is 10. The van der Waals surface area contributed by atoms with Gasteiger partial charge in [-0.2, -0.15) is 0 Å². The molecule has 1 aliphatic heterocycles. The zero-order chi connectivity index (χ0) is 26.7. The molecule has 2 unspecified atom stereocenters. The van der Waals surface area contributed by atoms with Gasteiger partial charge in [0.05, 0.1) is 6.10 Å². The third-order valence-corrected chi connectivity index (χ3v) is 8.15. The molecule has 2 heterocycles. The van der Waals surface area contributed by atoms with Crippen LogP contribution < -0.4 is 14.8 Å². The van der Waals surface area contributed by atoms with Gasteiger partial charge in [0.2, 0.25) is 0 Å². The van der Waals surface area contributed by atoms with Gasteiger partial charge in [-0.25, -0.2) is 0 Å². The van der Waals surface area contributed by atoms with Gasteiger partial charge in [0, 0.05) is 0 Å². The molecule has 1 fully saturated rings. The first kappa shape index (κ1) is 28.5. The van der Waals surface area contributed by atoms with E-state index in [1.54, 1.807) is 51.1 Å². The van der Waals surface area contributed by atoms with Crippen LogP contribution in [0, 0.1) is 5.92 Å². The second kappa shape index (κ2) is 11.6. The molecular formula is C23H30N2O9PSe. The molecule has 3 rings (SSSR count). The molecule has 0 bridgehead atoms. The minimum absolute atomic E-state index is 0.150. The van der Waals surface area contributed by atoms with E-state index in [0.29, 0.717) is 0 Å². The van der Waals surface area contributed by atoms with Crippen molar-refractivity contribution in [2.24, 2.45) is 5.92 Å². The van der Waals surface area contributed by atoms with Crippen molar-refractivity contribution >= 4 is 34.3 Å². The summed E-state index contributed by atoms with van der Waals surface area (Å²) in [5.74, 6) is -1.09. The van der Waals surface area contributed by atoms with E-state index in [9.17, 15) is 24.4 Å². The van der Waals surface area contributed by atoms with E-state index in [4.69, 9.17) is 18.5 Å². The van der Waals surface area contributed by atoms with Crippen LogP contribution in [0.15, 0.2) is 47.4 Å². The minimum atomic E-state index is -3.96. The third-order valence-electron chi connectivity index (χ3n) is 5.49. The van der Waals surface area contributed by atoms with E-state index in [-0.39, 0.29) is 22.7 Å². The van der Waals surface area contributed by atoms with Crippen molar-refractivity contribution in [3.63, 3.8) is 0 Å². The van der Waals surface area contributed by atoms with Gasteiger partial charge in [0.1, 0.15) is 0 Å². The van der Waals surface area contributed by atoms with Crippen LogP contribution in [0.1, 0.15) is 33.9 Å². The maximum atomic E-state index is 13.7. The van der Waals surface area contributed by atoms with Crippen molar-refractivity contribution in [2.45, 2.75) is 57.8 Å². The van der Waals surface area contributed by atoms with Gasteiger partial charge < -0.3 is 0 Å². The molecule has 1 radical (unpaired) electrons. The van der Waals surface area contributed by atoms with E-state index in [1.165, 1.54) is 23.8 Å². The number of hydrogen-bond donors (Lipinski definition) is 2. The normalized spacial score (nSPS) is 26.4. The molecule has 197 valence electrons. The van der Waals surface area contributed by atoms with E-state index >= 15 is 0 Å². The van der Waals surface area contributed by atoms with Gasteiger partial charge in [0.15, 0.2) is 0 Å². The van der Waals surface area contributed by atoms with Crippen LogP contribution in [0.3, 0.4) is 0 Å². The number of rotatable bonds is 10. The quantitative estimate of drug-likeness (QED) is 0.234. The molecule has 0 spiro atoms. The van der Waals surface area contributed by atoms with Crippen molar-refractivity contribution in [2.75, 3.05) is 12.8 Å². The molecule has 1 aromatic carbocycles. The molecule has 1 aliphatic rings. The number of para-hydroxylation sites is 1. The Hall–Kier alpha value is -2.04. The number of aliphatic hydroxyl groups is 2. The fraction of sp³-hybridized carbons (Fsp3) is 0.522. The summed E-state index contributed by atoms with van der Waals surface area (Å²) in [6.45, 7) is 5.92. The van der Waals surface area contributed by atoms with Crippen LogP contribution in [0.4, 0.5) is 0 Å². The number of carbonyl (C=O) groups excluding carboxylic acids is 1. The van der Waals surface area contributed by atoms with E-state index < -0.39 is 55.7 Å². The Labute approximate surface area is 217 Å². The van der Waals surface area contributed by atoms with Gasteiger partial charge >= 0.3 is 191 Å². The Balaban J connectivity index is 1.79. The monoisotopic (exact) mass is 589 g/mol. The van der Waals surface area contributed by atoms with Crippen LogP contribution in [0.25, 0.3) is 0 Å². The summed E-state index contributed by atoms with van der Waals surface area (Å²) in [5.41, 5.74) is -2.29.